The molecule has 3 aromatic rings. The van der Waals surface area contributed by atoms with E-state index in [1.165, 1.54) is 6.20 Å². The Hall–Kier alpha value is -3.34. The minimum Gasteiger partial charge on any atom is -0.370 e. The van der Waals surface area contributed by atoms with E-state index in [0.29, 0.717) is 22.5 Å². The van der Waals surface area contributed by atoms with Gasteiger partial charge in [-0.15, -0.1) is 0 Å². The summed E-state index contributed by atoms with van der Waals surface area (Å²) in [7, 11) is 3.81. The molecule has 1 aliphatic rings. The molecule has 3 heterocycles. The van der Waals surface area contributed by atoms with Crippen LogP contribution in [0, 0.1) is 11.3 Å². The van der Waals surface area contributed by atoms with Crippen LogP contribution >= 0.6 is 0 Å². The molecule has 0 aliphatic carbocycles. The predicted octanol–water partition coefficient (Wildman–Crippen LogP) is 1.24. The molecule has 1 atom stereocenters. The maximum atomic E-state index is 12.3. The standard InChI is InChI=1S/C18H19N7O/c1-23(13-5-3-4-12(8-13)9-19)14-6-7-25(11-14)18-21-16-15(17(26)22-18)10-20-24(16)2/h3-5,8,10,14H,6-7,11H2,1-2H3,(H,21,22,26)/t14-/m1/s1. The van der Waals surface area contributed by atoms with Crippen LogP contribution in [0.4, 0.5) is 11.6 Å². The van der Waals surface area contributed by atoms with Gasteiger partial charge in [-0.3, -0.25) is 14.5 Å². The highest BCUT2D eigenvalue weighted by Gasteiger charge is 2.28. The molecule has 0 bridgehead atoms. The zero-order valence-corrected chi connectivity index (χ0v) is 14.7. The van der Waals surface area contributed by atoms with Crippen LogP contribution in [0.25, 0.3) is 11.0 Å². The number of nitrogens with zero attached hydrogens (tertiary/aromatic N) is 6. The fourth-order valence-corrected chi connectivity index (χ4v) is 3.43. The zero-order chi connectivity index (χ0) is 18.3. The number of nitriles is 1. The highest BCUT2D eigenvalue weighted by Crippen LogP contribution is 2.24. The Morgan fingerprint density at radius 1 is 1.42 bits per heavy atom. The molecule has 1 aliphatic heterocycles. The number of aryl methyl sites for hydroxylation is 1. The summed E-state index contributed by atoms with van der Waals surface area (Å²) in [6.45, 7) is 1.55. The van der Waals surface area contributed by atoms with Crippen LogP contribution in [0.1, 0.15) is 12.0 Å². The molecule has 1 aromatic carbocycles. The molecule has 8 heteroatoms. The lowest BCUT2D eigenvalue weighted by Gasteiger charge is -2.27. The number of hydrogen-bond donors (Lipinski definition) is 1. The largest absolute Gasteiger partial charge is 0.370 e. The first-order valence-corrected chi connectivity index (χ1v) is 8.47. The minimum atomic E-state index is -0.170. The fraction of sp³-hybridized carbons (Fsp3) is 0.333. The van der Waals surface area contributed by atoms with Crippen molar-refractivity contribution in [2.45, 2.75) is 12.5 Å². The number of fused-ring (bicyclic) bond motifs is 1. The minimum absolute atomic E-state index is 0.170. The summed E-state index contributed by atoms with van der Waals surface area (Å²) in [5, 5.41) is 13.7. The Labute approximate surface area is 150 Å². The highest BCUT2D eigenvalue weighted by atomic mass is 16.1. The molecule has 1 saturated heterocycles. The van der Waals surface area contributed by atoms with E-state index in [-0.39, 0.29) is 11.6 Å². The molecule has 1 fully saturated rings. The van der Waals surface area contributed by atoms with Gasteiger partial charge < -0.3 is 9.80 Å². The van der Waals surface area contributed by atoms with Crippen molar-refractivity contribution in [3.05, 3.63) is 46.4 Å². The molecule has 0 spiro atoms. The first-order chi connectivity index (χ1) is 12.6. The van der Waals surface area contributed by atoms with E-state index in [0.717, 1.165) is 25.2 Å². The molecule has 1 N–H and O–H groups in total. The molecule has 0 unspecified atom stereocenters. The fourth-order valence-electron chi connectivity index (χ4n) is 3.43. The lowest BCUT2D eigenvalue weighted by molar-refractivity contribution is 0.691. The van der Waals surface area contributed by atoms with Gasteiger partial charge >= 0.3 is 0 Å². The molecule has 0 amide bonds. The van der Waals surface area contributed by atoms with E-state index in [9.17, 15) is 4.79 Å². The number of aromatic nitrogens is 4. The van der Waals surface area contributed by atoms with Gasteiger partial charge in [0.05, 0.1) is 17.8 Å². The van der Waals surface area contributed by atoms with Crippen LogP contribution in [0.5, 0.6) is 0 Å². The average Bonchev–Trinajstić information content (AvgIpc) is 3.29. The third-order valence-electron chi connectivity index (χ3n) is 4.98. The van der Waals surface area contributed by atoms with Gasteiger partial charge in [0.2, 0.25) is 5.95 Å². The van der Waals surface area contributed by atoms with E-state index in [1.807, 2.05) is 25.2 Å². The van der Waals surface area contributed by atoms with Gasteiger partial charge in [-0.05, 0) is 24.6 Å². The molecule has 4 rings (SSSR count). The van der Waals surface area contributed by atoms with Crippen molar-refractivity contribution in [2.24, 2.45) is 7.05 Å². The van der Waals surface area contributed by atoms with Crippen molar-refractivity contribution >= 4 is 22.7 Å². The Balaban J connectivity index is 1.58. The van der Waals surface area contributed by atoms with Crippen LogP contribution in [0.2, 0.25) is 0 Å². The van der Waals surface area contributed by atoms with Gasteiger partial charge in [0.25, 0.3) is 5.56 Å². The quantitative estimate of drug-likeness (QED) is 0.765. The number of rotatable bonds is 3. The summed E-state index contributed by atoms with van der Waals surface area (Å²) in [5.41, 5.74) is 2.08. The van der Waals surface area contributed by atoms with Gasteiger partial charge in [0, 0.05) is 38.9 Å². The first kappa shape index (κ1) is 16.1. The van der Waals surface area contributed by atoms with Crippen molar-refractivity contribution in [3.63, 3.8) is 0 Å². The Kier molecular flexibility index (Phi) is 3.84. The van der Waals surface area contributed by atoms with Gasteiger partial charge in [-0.2, -0.15) is 15.3 Å². The predicted molar refractivity (Wildman–Crippen MR) is 99.3 cm³/mol. The Bertz CT molecular complexity index is 1060. The maximum absolute atomic E-state index is 12.3. The molecule has 2 aromatic heterocycles. The van der Waals surface area contributed by atoms with E-state index in [1.54, 1.807) is 17.8 Å². The molecule has 26 heavy (non-hydrogen) atoms. The topological polar surface area (TPSA) is 93.8 Å². The third kappa shape index (κ3) is 2.67. The summed E-state index contributed by atoms with van der Waals surface area (Å²) < 4.78 is 1.61. The molecule has 0 saturated carbocycles. The van der Waals surface area contributed by atoms with Crippen molar-refractivity contribution in [1.29, 1.82) is 5.26 Å². The normalized spacial score (nSPS) is 16.8. The SMILES string of the molecule is CN(c1cccc(C#N)c1)[C@@H]1CCN(c2nc3c(cnn3C)c(=O)[nH]2)C1. The molecule has 0 radical (unpaired) electrons. The summed E-state index contributed by atoms with van der Waals surface area (Å²) in [6, 6.07) is 10.0. The smallest absolute Gasteiger partial charge is 0.263 e. The van der Waals surface area contributed by atoms with E-state index in [4.69, 9.17) is 5.26 Å². The van der Waals surface area contributed by atoms with Crippen LogP contribution in [-0.4, -0.2) is 45.9 Å². The molecular weight excluding hydrogens is 330 g/mol. The summed E-state index contributed by atoms with van der Waals surface area (Å²) >= 11 is 0. The number of benzene rings is 1. The number of H-pyrrole nitrogens is 1. The second kappa shape index (κ2) is 6.19. The summed E-state index contributed by atoms with van der Waals surface area (Å²) in [6.07, 6.45) is 2.48. The Morgan fingerprint density at radius 2 is 2.27 bits per heavy atom. The number of anilines is 2. The van der Waals surface area contributed by atoms with Gasteiger partial charge in [-0.25, -0.2) is 0 Å². The number of nitrogens with one attached hydrogen (secondary N) is 1. The summed E-state index contributed by atoms with van der Waals surface area (Å²) in [5.74, 6) is 0.577. The molecule has 8 nitrogen and oxygen atoms in total. The van der Waals surface area contributed by atoms with Crippen LogP contribution in [-0.2, 0) is 7.05 Å². The third-order valence-corrected chi connectivity index (χ3v) is 4.98. The first-order valence-electron chi connectivity index (χ1n) is 8.47. The number of likely N-dealkylation sites (N-methyl/N-ethyl adjacent to an activating group) is 1. The van der Waals surface area contributed by atoms with E-state index >= 15 is 0 Å². The second-order valence-electron chi connectivity index (χ2n) is 6.56. The van der Waals surface area contributed by atoms with Crippen molar-refractivity contribution < 1.29 is 0 Å². The van der Waals surface area contributed by atoms with Crippen LogP contribution < -0.4 is 15.4 Å². The maximum Gasteiger partial charge on any atom is 0.263 e. The second-order valence-corrected chi connectivity index (χ2v) is 6.56. The molecule has 132 valence electrons. The lowest BCUT2D eigenvalue weighted by Crippen LogP contribution is -2.35. The Morgan fingerprint density at radius 3 is 3.08 bits per heavy atom. The van der Waals surface area contributed by atoms with Gasteiger partial charge in [-0.1, -0.05) is 6.07 Å². The average molecular weight is 349 g/mol. The number of aromatic amines is 1. The van der Waals surface area contributed by atoms with E-state index in [2.05, 4.69) is 30.9 Å². The number of hydrogen-bond acceptors (Lipinski definition) is 6. The molecular formula is C18H19N7O. The van der Waals surface area contributed by atoms with Gasteiger partial charge in [0.1, 0.15) is 5.39 Å². The van der Waals surface area contributed by atoms with Crippen LogP contribution in [0.15, 0.2) is 35.3 Å². The van der Waals surface area contributed by atoms with Crippen molar-refractivity contribution in [1.82, 2.24) is 19.7 Å². The van der Waals surface area contributed by atoms with Gasteiger partial charge in [0.15, 0.2) is 5.65 Å². The van der Waals surface area contributed by atoms with Crippen molar-refractivity contribution in [2.75, 3.05) is 29.9 Å². The lowest BCUT2D eigenvalue weighted by atomic mass is 10.1. The summed E-state index contributed by atoms with van der Waals surface area (Å²) in [4.78, 5) is 24.0. The highest BCUT2D eigenvalue weighted by molar-refractivity contribution is 5.74. The van der Waals surface area contributed by atoms with Crippen molar-refractivity contribution in [3.8, 4) is 6.07 Å². The van der Waals surface area contributed by atoms with E-state index < -0.39 is 0 Å². The zero-order valence-electron chi connectivity index (χ0n) is 14.7. The van der Waals surface area contributed by atoms with Crippen LogP contribution in [0.3, 0.4) is 0 Å². The monoisotopic (exact) mass is 349 g/mol.